The second-order valence-corrected chi connectivity index (χ2v) is 4.87. The maximum Gasteiger partial charge on any atom is 0.125 e. The van der Waals surface area contributed by atoms with Gasteiger partial charge in [0.25, 0.3) is 0 Å². The number of hydrogen-bond donors (Lipinski definition) is 1. The van der Waals surface area contributed by atoms with Gasteiger partial charge in [-0.25, -0.2) is 0 Å². The lowest BCUT2D eigenvalue weighted by Gasteiger charge is -2.16. The molecule has 0 aliphatic carbocycles. The van der Waals surface area contributed by atoms with Crippen molar-refractivity contribution in [3.8, 4) is 5.75 Å². The Labute approximate surface area is 123 Å². The second-order valence-electron chi connectivity index (χ2n) is 4.87. The highest BCUT2D eigenvalue weighted by Gasteiger charge is 2.15. The fourth-order valence-electron chi connectivity index (χ4n) is 2.48. The van der Waals surface area contributed by atoms with Gasteiger partial charge in [-0.3, -0.25) is 4.68 Å². The molecule has 0 saturated carbocycles. The molecule has 2 aromatic carbocycles. The molecule has 1 N–H and O–H groups in total. The van der Waals surface area contributed by atoms with E-state index in [4.69, 9.17) is 4.74 Å². The number of nitrogens with zero attached hydrogens (tertiary/aromatic N) is 2. The fraction of sp³-hybridized carbons (Fsp3) is 0.235. The molecule has 0 aliphatic heterocycles. The van der Waals surface area contributed by atoms with Gasteiger partial charge >= 0.3 is 0 Å². The summed E-state index contributed by atoms with van der Waals surface area (Å²) in [6.45, 7) is 2.91. The summed E-state index contributed by atoms with van der Waals surface area (Å²) in [5, 5.41) is 15.9. The van der Waals surface area contributed by atoms with Gasteiger partial charge < -0.3 is 9.84 Å². The van der Waals surface area contributed by atoms with Gasteiger partial charge in [0.1, 0.15) is 11.9 Å². The molecule has 4 heteroatoms. The normalized spacial score (nSPS) is 12.5. The molecule has 1 atom stereocenters. The number of ether oxygens (including phenoxy) is 1. The van der Waals surface area contributed by atoms with Crippen LogP contribution in [0.2, 0.25) is 0 Å². The van der Waals surface area contributed by atoms with E-state index in [-0.39, 0.29) is 0 Å². The van der Waals surface area contributed by atoms with Crippen LogP contribution in [0.1, 0.15) is 18.6 Å². The predicted molar refractivity (Wildman–Crippen MR) is 82.3 cm³/mol. The highest BCUT2D eigenvalue weighted by Crippen LogP contribution is 2.27. The van der Waals surface area contributed by atoms with Gasteiger partial charge in [-0.2, -0.15) is 5.10 Å². The number of rotatable bonds is 5. The third-order valence-corrected chi connectivity index (χ3v) is 3.47. The maximum absolute atomic E-state index is 10.5. The SMILES string of the molecule is CCOc1ccccc1C(O)Cn1ncc2ccccc21. The van der Waals surface area contributed by atoms with Crippen LogP contribution in [0.4, 0.5) is 0 Å². The molecular weight excluding hydrogens is 264 g/mol. The Morgan fingerprint density at radius 2 is 1.90 bits per heavy atom. The summed E-state index contributed by atoms with van der Waals surface area (Å²) < 4.78 is 7.40. The standard InChI is InChI=1S/C17H18N2O2/c1-2-21-17-10-6-4-8-14(17)16(20)12-19-15-9-5-3-7-13(15)11-18-19/h3-11,16,20H,2,12H2,1H3. The zero-order valence-corrected chi connectivity index (χ0v) is 11.9. The number of aromatic nitrogens is 2. The molecule has 108 valence electrons. The first-order chi connectivity index (χ1) is 10.3. The third-order valence-electron chi connectivity index (χ3n) is 3.47. The third kappa shape index (κ3) is 2.76. The van der Waals surface area contributed by atoms with Gasteiger partial charge in [0.05, 0.1) is 24.9 Å². The lowest BCUT2D eigenvalue weighted by atomic mass is 10.1. The molecule has 0 aliphatic rings. The lowest BCUT2D eigenvalue weighted by Crippen LogP contribution is -2.11. The highest BCUT2D eigenvalue weighted by atomic mass is 16.5. The van der Waals surface area contributed by atoms with E-state index in [1.165, 1.54) is 0 Å². The van der Waals surface area contributed by atoms with E-state index in [9.17, 15) is 5.11 Å². The minimum absolute atomic E-state index is 0.400. The van der Waals surface area contributed by atoms with Crippen molar-refractivity contribution in [1.29, 1.82) is 0 Å². The number of aliphatic hydroxyl groups is 1. The Kier molecular flexibility index (Phi) is 3.88. The summed E-state index contributed by atoms with van der Waals surface area (Å²) >= 11 is 0. The number of hydrogen-bond acceptors (Lipinski definition) is 3. The maximum atomic E-state index is 10.5. The van der Waals surface area contributed by atoms with Crippen LogP contribution in [0.15, 0.2) is 54.7 Å². The smallest absolute Gasteiger partial charge is 0.125 e. The van der Waals surface area contributed by atoms with Crippen molar-refractivity contribution in [2.24, 2.45) is 0 Å². The molecule has 1 unspecified atom stereocenters. The number of para-hydroxylation sites is 2. The van der Waals surface area contributed by atoms with Crippen molar-refractivity contribution in [3.63, 3.8) is 0 Å². The zero-order valence-electron chi connectivity index (χ0n) is 11.9. The summed E-state index contributed by atoms with van der Waals surface area (Å²) in [4.78, 5) is 0. The van der Waals surface area contributed by atoms with E-state index in [1.807, 2.05) is 66.3 Å². The number of fused-ring (bicyclic) bond motifs is 1. The van der Waals surface area contributed by atoms with Crippen LogP contribution in [0, 0.1) is 0 Å². The van der Waals surface area contributed by atoms with E-state index in [2.05, 4.69) is 5.10 Å². The summed E-state index contributed by atoms with van der Waals surface area (Å²) in [5.74, 6) is 0.726. The molecule has 0 spiro atoms. The summed E-state index contributed by atoms with van der Waals surface area (Å²) in [7, 11) is 0. The molecule has 3 aromatic rings. The minimum atomic E-state index is -0.656. The van der Waals surface area contributed by atoms with Gasteiger partial charge in [0, 0.05) is 10.9 Å². The van der Waals surface area contributed by atoms with Crippen LogP contribution in [0.5, 0.6) is 5.75 Å². The summed E-state index contributed by atoms with van der Waals surface area (Å²) in [6.07, 6.45) is 1.16. The van der Waals surface area contributed by atoms with Crippen LogP contribution in [-0.2, 0) is 6.54 Å². The summed E-state index contributed by atoms with van der Waals surface area (Å²) in [5.41, 5.74) is 1.81. The van der Waals surface area contributed by atoms with Gasteiger partial charge in [0.15, 0.2) is 0 Å². The predicted octanol–water partition coefficient (Wildman–Crippen LogP) is 3.17. The molecule has 0 amide bonds. The van der Waals surface area contributed by atoms with Crippen molar-refractivity contribution < 1.29 is 9.84 Å². The summed E-state index contributed by atoms with van der Waals surface area (Å²) in [6, 6.07) is 15.6. The molecule has 0 radical (unpaired) electrons. The van der Waals surface area contributed by atoms with Crippen molar-refractivity contribution >= 4 is 10.9 Å². The number of benzene rings is 2. The van der Waals surface area contributed by atoms with Gasteiger partial charge in [-0.1, -0.05) is 36.4 Å². The molecule has 0 saturated heterocycles. The lowest BCUT2D eigenvalue weighted by molar-refractivity contribution is 0.148. The average Bonchev–Trinajstić information content (AvgIpc) is 2.91. The molecule has 1 heterocycles. The molecule has 0 fully saturated rings. The molecular formula is C17H18N2O2. The van der Waals surface area contributed by atoms with Crippen LogP contribution >= 0.6 is 0 Å². The topological polar surface area (TPSA) is 47.3 Å². The fourth-order valence-corrected chi connectivity index (χ4v) is 2.48. The molecule has 0 bridgehead atoms. The van der Waals surface area contributed by atoms with Crippen LogP contribution < -0.4 is 4.74 Å². The first-order valence-electron chi connectivity index (χ1n) is 7.10. The first kappa shape index (κ1) is 13.6. The van der Waals surface area contributed by atoms with Gasteiger partial charge in [-0.05, 0) is 19.1 Å². The quantitative estimate of drug-likeness (QED) is 0.782. The van der Waals surface area contributed by atoms with Crippen molar-refractivity contribution in [1.82, 2.24) is 9.78 Å². The highest BCUT2D eigenvalue weighted by molar-refractivity contribution is 5.78. The minimum Gasteiger partial charge on any atom is -0.493 e. The van der Waals surface area contributed by atoms with E-state index in [1.54, 1.807) is 0 Å². The van der Waals surface area contributed by atoms with E-state index < -0.39 is 6.10 Å². The Morgan fingerprint density at radius 1 is 1.14 bits per heavy atom. The zero-order chi connectivity index (χ0) is 14.7. The Bertz CT molecular complexity index is 736. The first-order valence-corrected chi connectivity index (χ1v) is 7.10. The van der Waals surface area contributed by atoms with Gasteiger partial charge in [-0.15, -0.1) is 0 Å². The largest absolute Gasteiger partial charge is 0.493 e. The van der Waals surface area contributed by atoms with E-state index >= 15 is 0 Å². The Balaban J connectivity index is 1.88. The van der Waals surface area contributed by atoms with E-state index in [0.29, 0.717) is 13.2 Å². The van der Waals surface area contributed by atoms with Crippen molar-refractivity contribution in [3.05, 3.63) is 60.3 Å². The molecule has 21 heavy (non-hydrogen) atoms. The molecule has 4 nitrogen and oxygen atoms in total. The van der Waals surface area contributed by atoms with Crippen LogP contribution in [0.25, 0.3) is 10.9 Å². The van der Waals surface area contributed by atoms with Crippen LogP contribution in [-0.4, -0.2) is 21.5 Å². The second kappa shape index (κ2) is 5.97. The Morgan fingerprint density at radius 3 is 2.76 bits per heavy atom. The van der Waals surface area contributed by atoms with E-state index in [0.717, 1.165) is 22.2 Å². The van der Waals surface area contributed by atoms with Crippen LogP contribution in [0.3, 0.4) is 0 Å². The average molecular weight is 282 g/mol. The van der Waals surface area contributed by atoms with Crippen molar-refractivity contribution in [2.45, 2.75) is 19.6 Å². The number of aliphatic hydroxyl groups excluding tert-OH is 1. The van der Waals surface area contributed by atoms with Gasteiger partial charge in [0.2, 0.25) is 0 Å². The Hall–Kier alpha value is -2.33. The monoisotopic (exact) mass is 282 g/mol. The molecule has 3 rings (SSSR count). The van der Waals surface area contributed by atoms with Crippen molar-refractivity contribution in [2.75, 3.05) is 6.61 Å². The molecule has 1 aromatic heterocycles.